The van der Waals surface area contributed by atoms with E-state index in [1.54, 1.807) is 89.2 Å². The standard InChI is InChI=1S/C66H93ClF3N11O11/c1-16-40(6)59-66(92)77(11)36-57(84)75(9)37-58(85)79(13)53(32-44-22-25-46(67)26-23-44)64(90)76(10)35-55(82)72-50(27-24-45-33-48(69)49(70)34-47(45)68)61(87)73-51(28-38(2)3)63(89)81(15)54(31-43-20-18-17-19-21-43)65(91)80(14)52(29-39(4)5)62(88)71-41(7)30-56(83)78(12)42(8)60(86)74-59/h17-23,25-26,33-34,38-42,50-54,59H,16,24,27-32,35-37H2,1-15H3,(H,71,88)(H,72,82)(H,73,87)(H,74,86)/t40-,41+,42-,50-,51-,52-,53-,54+,59-/m0/s1. The lowest BCUT2D eigenvalue weighted by atomic mass is 9.97. The Kier molecular flexibility index (Phi) is 29.1. The van der Waals surface area contributed by atoms with Gasteiger partial charge in [0.25, 0.3) is 0 Å². The average molecular weight is 1310 g/mol. The number of rotatable bonds is 13. The van der Waals surface area contributed by atoms with E-state index in [0.29, 0.717) is 34.7 Å². The molecule has 1 aliphatic rings. The second-order valence-electron chi connectivity index (χ2n) is 25.1. The van der Waals surface area contributed by atoms with E-state index in [-0.39, 0.29) is 49.5 Å². The third-order valence-electron chi connectivity index (χ3n) is 16.7. The number of hydrogen-bond donors (Lipinski definition) is 4. The number of nitrogens with zero attached hydrogens (tertiary/aromatic N) is 7. The van der Waals surface area contributed by atoms with Crippen molar-refractivity contribution in [3.8, 4) is 0 Å². The molecule has 26 heteroatoms. The average Bonchev–Trinajstić information content (AvgIpc) is 1.04. The van der Waals surface area contributed by atoms with Crippen molar-refractivity contribution < 1.29 is 65.9 Å². The summed E-state index contributed by atoms with van der Waals surface area (Å²) in [6.45, 7) is 11.9. The van der Waals surface area contributed by atoms with Crippen molar-refractivity contribution in [1.29, 1.82) is 0 Å². The van der Waals surface area contributed by atoms with Crippen LogP contribution in [-0.4, -0.2) is 217 Å². The van der Waals surface area contributed by atoms with E-state index >= 15 is 14.0 Å². The Labute approximate surface area is 543 Å². The Balaban J connectivity index is 1.86. The van der Waals surface area contributed by atoms with Gasteiger partial charge in [-0.25, -0.2) is 13.2 Å². The van der Waals surface area contributed by atoms with Crippen LogP contribution in [0.3, 0.4) is 0 Å². The van der Waals surface area contributed by atoms with E-state index in [0.717, 1.165) is 19.6 Å². The summed E-state index contributed by atoms with van der Waals surface area (Å²) >= 11 is 6.19. The Morgan fingerprint density at radius 1 is 0.511 bits per heavy atom. The number of halogens is 4. The fraction of sp³-hybridized carbons (Fsp3) is 0.561. The monoisotopic (exact) mass is 1310 g/mol. The molecular weight excluding hydrogens is 1220 g/mol. The van der Waals surface area contributed by atoms with Gasteiger partial charge in [-0.3, -0.25) is 52.7 Å². The fourth-order valence-corrected chi connectivity index (χ4v) is 10.7. The van der Waals surface area contributed by atoms with Crippen LogP contribution in [0.4, 0.5) is 13.2 Å². The molecule has 4 N–H and O–H groups in total. The molecule has 1 fully saturated rings. The van der Waals surface area contributed by atoms with Gasteiger partial charge in [0.15, 0.2) is 11.6 Å². The zero-order valence-electron chi connectivity index (χ0n) is 55.6. The summed E-state index contributed by atoms with van der Waals surface area (Å²) in [6.07, 6.45) is -0.882. The van der Waals surface area contributed by atoms with Gasteiger partial charge in [-0.2, -0.15) is 0 Å². The molecule has 506 valence electrons. The van der Waals surface area contributed by atoms with Gasteiger partial charge < -0.3 is 55.6 Å². The zero-order valence-corrected chi connectivity index (χ0v) is 56.4. The largest absolute Gasteiger partial charge is 0.351 e. The number of aryl methyl sites for hydroxylation is 1. The van der Waals surface area contributed by atoms with Gasteiger partial charge in [-0.1, -0.05) is 102 Å². The summed E-state index contributed by atoms with van der Waals surface area (Å²) in [5, 5.41) is 11.3. The smallest absolute Gasteiger partial charge is 0.246 e. The lowest BCUT2D eigenvalue weighted by molar-refractivity contribution is -0.149. The fourth-order valence-electron chi connectivity index (χ4n) is 10.6. The minimum Gasteiger partial charge on any atom is -0.351 e. The van der Waals surface area contributed by atoms with E-state index < -0.39 is 169 Å². The van der Waals surface area contributed by atoms with Gasteiger partial charge in [0.05, 0.1) is 19.6 Å². The molecule has 0 saturated carbocycles. The summed E-state index contributed by atoms with van der Waals surface area (Å²) < 4.78 is 43.9. The summed E-state index contributed by atoms with van der Waals surface area (Å²) in [5.74, 6) is -13.0. The normalized spacial score (nSPS) is 23.4. The van der Waals surface area contributed by atoms with Crippen LogP contribution in [-0.2, 0) is 72.0 Å². The number of hydrogen-bond acceptors (Lipinski definition) is 11. The maximum absolute atomic E-state index is 15.2. The van der Waals surface area contributed by atoms with Crippen LogP contribution in [0.25, 0.3) is 0 Å². The van der Waals surface area contributed by atoms with Crippen LogP contribution in [0.1, 0.15) is 104 Å². The number of amides is 11. The van der Waals surface area contributed by atoms with Crippen molar-refractivity contribution in [2.75, 3.05) is 69.0 Å². The minimum absolute atomic E-state index is 0.0269. The number of carbonyl (C=O) groups excluding carboxylic acids is 11. The van der Waals surface area contributed by atoms with E-state index in [4.69, 9.17) is 11.6 Å². The molecule has 11 amide bonds. The predicted octanol–water partition coefficient (Wildman–Crippen LogP) is 4.38. The van der Waals surface area contributed by atoms with Crippen LogP contribution >= 0.6 is 11.6 Å². The highest BCUT2D eigenvalue weighted by Crippen LogP contribution is 2.22. The van der Waals surface area contributed by atoms with Crippen molar-refractivity contribution in [3.05, 3.63) is 106 Å². The molecule has 9 atom stereocenters. The first-order valence-electron chi connectivity index (χ1n) is 31.0. The second-order valence-corrected chi connectivity index (χ2v) is 25.5. The lowest BCUT2D eigenvalue weighted by Crippen LogP contribution is -2.60. The molecule has 22 nitrogen and oxygen atoms in total. The molecule has 0 aromatic heterocycles. The van der Waals surface area contributed by atoms with Crippen LogP contribution < -0.4 is 21.3 Å². The van der Waals surface area contributed by atoms with Gasteiger partial charge in [-0.05, 0) is 92.2 Å². The van der Waals surface area contributed by atoms with Crippen molar-refractivity contribution in [3.63, 3.8) is 0 Å². The van der Waals surface area contributed by atoms with Crippen molar-refractivity contribution in [2.45, 2.75) is 155 Å². The van der Waals surface area contributed by atoms with Crippen LogP contribution in [0.15, 0.2) is 66.7 Å². The molecule has 0 aliphatic carbocycles. The quantitative estimate of drug-likeness (QED) is 0.175. The SMILES string of the molecule is CC[C@H](C)[C@@H]1NC(=O)[C@H](C)N(C)C(=O)C[C@@H](C)NC(=O)[C@H](CC(C)C)N(C)C(=O)[C@@H](Cc2ccccc2)N(C)C(=O)[C@H](CC(C)C)NC(=O)[C@H](CCc2cc(F)c(F)cc2F)NC(=O)CN(C)C(=O)[C@H](Cc2ccc(Cl)cc2)N(C)C(=O)CN(C)C(=O)CN(C)C1=O. The number of nitrogens with one attached hydrogen (secondary N) is 4. The molecule has 1 aliphatic heterocycles. The summed E-state index contributed by atoms with van der Waals surface area (Å²) in [5.41, 5.74) is 0.817. The van der Waals surface area contributed by atoms with Crippen LogP contribution in [0.5, 0.6) is 0 Å². The molecule has 92 heavy (non-hydrogen) atoms. The third-order valence-corrected chi connectivity index (χ3v) is 17.0. The highest BCUT2D eigenvalue weighted by molar-refractivity contribution is 6.30. The topological polar surface area (TPSA) is 259 Å². The Morgan fingerprint density at radius 2 is 1.05 bits per heavy atom. The summed E-state index contributed by atoms with van der Waals surface area (Å²) in [6, 6.07) is 6.08. The molecule has 4 rings (SSSR count). The highest BCUT2D eigenvalue weighted by Gasteiger charge is 2.40. The Morgan fingerprint density at radius 3 is 1.64 bits per heavy atom. The molecule has 3 aromatic carbocycles. The van der Waals surface area contributed by atoms with E-state index in [9.17, 15) is 51.9 Å². The first kappa shape index (κ1) is 76.4. The van der Waals surface area contributed by atoms with E-state index in [1.165, 1.54) is 71.0 Å². The molecular formula is C66H93ClF3N11O11. The van der Waals surface area contributed by atoms with Gasteiger partial charge in [-0.15, -0.1) is 0 Å². The number of likely N-dealkylation sites (N-methyl/N-ethyl adjacent to an activating group) is 7. The Bertz CT molecular complexity index is 3110. The maximum Gasteiger partial charge on any atom is 0.246 e. The van der Waals surface area contributed by atoms with Gasteiger partial charge in [0.1, 0.15) is 48.1 Å². The first-order chi connectivity index (χ1) is 43.1. The zero-order chi connectivity index (χ0) is 69.2. The van der Waals surface area contributed by atoms with Gasteiger partial charge in [0, 0.05) is 85.7 Å². The summed E-state index contributed by atoms with van der Waals surface area (Å²) in [7, 11) is 9.47. The molecule has 0 unspecified atom stereocenters. The molecule has 0 spiro atoms. The summed E-state index contributed by atoms with van der Waals surface area (Å²) in [4.78, 5) is 166. The highest BCUT2D eigenvalue weighted by atomic mass is 35.5. The number of benzene rings is 3. The Hall–Kier alpha value is -8.09. The molecule has 1 heterocycles. The lowest BCUT2D eigenvalue weighted by Gasteiger charge is -2.37. The van der Waals surface area contributed by atoms with Gasteiger partial charge in [0.2, 0.25) is 65.0 Å². The van der Waals surface area contributed by atoms with E-state index in [1.807, 2.05) is 13.8 Å². The van der Waals surface area contributed by atoms with Crippen LogP contribution in [0, 0.1) is 35.2 Å². The van der Waals surface area contributed by atoms with Crippen molar-refractivity contribution in [2.24, 2.45) is 17.8 Å². The second kappa shape index (κ2) is 35.1. The predicted molar refractivity (Wildman–Crippen MR) is 341 cm³/mol. The molecule has 1 saturated heterocycles. The third kappa shape index (κ3) is 21.8. The first-order valence-corrected chi connectivity index (χ1v) is 31.3. The van der Waals surface area contributed by atoms with Gasteiger partial charge >= 0.3 is 0 Å². The van der Waals surface area contributed by atoms with E-state index in [2.05, 4.69) is 21.3 Å². The maximum atomic E-state index is 15.2. The van der Waals surface area contributed by atoms with Crippen molar-refractivity contribution in [1.82, 2.24) is 55.6 Å². The van der Waals surface area contributed by atoms with Crippen molar-refractivity contribution >= 4 is 76.6 Å². The molecule has 3 aromatic rings. The molecule has 0 radical (unpaired) electrons. The molecule has 0 bridgehead atoms. The number of carbonyl (C=O) groups is 11. The van der Waals surface area contributed by atoms with Crippen LogP contribution in [0.2, 0.25) is 5.02 Å². The minimum atomic E-state index is -1.64.